The fourth-order valence-corrected chi connectivity index (χ4v) is 5.15. The van der Waals surface area contributed by atoms with Crippen molar-refractivity contribution < 1.29 is 4.74 Å². The number of benzene rings is 2. The van der Waals surface area contributed by atoms with E-state index >= 15 is 0 Å². The minimum Gasteiger partial charge on any atom is -0.464 e. The lowest BCUT2D eigenvalue weighted by atomic mass is 9.98. The number of fused-ring (bicyclic) bond motifs is 3. The Morgan fingerprint density at radius 1 is 1.19 bits per heavy atom. The predicted octanol–water partition coefficient (Wildman–Crippen LogP) is 6.47. The van der Waals surface area contributed by atoms with Crippen LogP contribution in [0.25, 0.3) is 0 Å². The SMILES string of the molecule is CSc1ccc([C@@H]2Oc3ccc(Br)cc3[C@@H]3CC(c4cccs4)=NN32)cc1. The van der Waals surface area contributed by atoms with Crippen molar-refractivity contribution in [2.45, 2.75) is 23.6 Å². The van der Waals surface area contributed by atoms with E-state index in [0.29, 0.717) is 0 Å². The number of hydrazone groups is 1. The average Bonchev–Trinajstić information content (AvgIpc) is 3.37. The lowest BCUT2D eigenvalue weighted by Crippen LogP contribution is -2.33. The molecule has 0 saturated heterocycles. The molecule has 0 N–H and O–H groups in total. The van der Waals surface area contributed by atoms with Gasteiger partial charge in [-0.15, -0.1) is 23.1 Å². The first-order chi connectivity index (χ1) is 13.2. The number of rotatable bonds is 3. The maximum atomic E-state index is 6.42. The zero-order chi connectivity index (χ0) is 18.4. The summed E-state index contributed by atoms with van der Waals surface area (Å²) in [5, 5.41) is 9.24. The first kappa shape index (κ1) is 17.3. The van der Waals surface area contributed by atoms with Gasteiger partial charge < -0.3 is 4.74 Å². The molecule has 2 aromatic carbocycles. The highest BCUT2D eigenvalue weighted by Crippen LogP contribution is 2.48. The van der Waals surface area contributed by atoms with Crippen molar-refractivity contribution >= 4 is 44.7 Å². The fraction of sp³-hybridized carbons (Fsp3) is 0.190. The van der Waals surface area contributed by atoms with Crippen molar-refractivity contribution in [1.29, 1.82) is 0 Å². The van der Waals surface area contributed by atoms with Crippen LogP contribution in [0, 0.1) is 0 Å². The van der Waals surface area contributed by atoms with Crippen molar-refractivity contribution in [3.63, 3.8) is 0 Å². The van der Waals surface area contributed by atoms with E-state index in [1.165, 1.54) is 15.3 Å². The molecule has 0 fully saturated rings. The Morgan fingerprint density at radius 2 is 2.04 bits per heavy atom. The van der Waals surface area contributed by atoms with E-state index < -0.39 is 0 Å². The summed E-state index contributed by atoms with van der Waals surface area (Å²) in [7, 11) is 0. The lowest BCUT2D eigenvalue weighted by Gasteiger charge is -2.38. The van der Waals surface area contributed by atoms with Crippen LogP contribution in [0.3, 0.4) is 0 Å². The minimum atomic E-state index is -0.211. The Balaban J connectivity index is 1.59. The molecule has 0 spiro atoms. The summed E-state index contributed by atoms with van der Waals surface area (Å²) in [4.78, 5) is 2.48. The number of nitrogens with zero attached hydrogens (tertiary/aromatic N) is 2. The normalized spacial score (nSPS) is 20.7. The van der Waals surface area contributed by atoms with Gasteiger partial charge in [0.15, 0.2) is 0 Å². The van der Waals surface area contributed by atoms with Gasteiger partial charge >= 0.3 is 0 Å². The van der Waals surface area contributed by atoms with Crippen LogP contribution in [-0.2, 0) is 0 Å². The highest BCUT2D eigenvalue weighted by atomic mass is 79.9. The number of halogens is 1. The molecule has 3 nitrogen and oxygen atoms in total. The minimum absolute atomic E-state index is 0.188. The van der Waals surface area contributed by atoms with Crippen LogP contribution in [0.15, 0.2) is 74.4 Å². The van der Waals surface area contributed by atoms with Gasteiger partial charge in [0.2, 0.25) is 6.23 Å². The van der Waals surface area contributed by atoms with Crippen LogP contribution in [0.4, 0.5) is 0 Å². The summed E-state index contributed by atoms with van der Waals surface area (Å²) in [6.45, 7) is 0. The molecule has 1 aromatic heterocycles. The Bertz CT molecular complexity index is 1000. The summed E-state index contributed by atoms with van der Waals surface area (Å²) >= 11 is 7.09. The maximum absolute atomic E-state index is 6.42. The van der Waals surface area contributed by atoms with E-state index in [4.69, 9.17) is 9.84 Å². The summed E-state index contributed by atoms with van der Waals surface area (Å²) in [6.07, 6.45) is 2.78. The summed E-state index contributed by atoms with van der Waals surface area (Å²) < 4.78 is 7.49. The average molecular weight is 457 g/mol. The van der Waals surface area contributed by atoms with Crippen LogP contribution in [-0.4, -0.2) is 17.0 Å². The second-order valence-electron chi connectivity index (χ2n) is 6.55. The summed E-state index contributed by atoms with van der Waals surface area (Å²) in [5.74, 6) is 0.945. The molecule has 27 heavy (non-hydrogen) atoms. The molecule has 2 aliphatic rings. The van der Waals surface area contributed by atoms with Crippen LogP contribution in [0.1, 0.15) is 34.7 Å². The van der Waals surface area contributed by atoms with E-state index in [9.17, 15) is 0 Å². The molecule has 0 bridgehead atoms. The van der Waals surface area contributed by atoms with Crippen molar-refractivity contribution in [3.8, 4) is 5.75 Å². The molecule has 136 valence electrons. The van der Waals surface area contributed by atoms with Crippen LogP contribution < -0.4 is 4.74 Å². The monoisotopic (exact) mass is 456 g/mol. The van der Waals surface area contributed by atoms with Gasteiger partial charge in [-0.2, -0.15) is 5.10 Å². The van der Waals surface area contributed by atoms with Gasteiger partial charge in [0.05, 0.1) is 16.6 Å². The zero-order valence-corrected chi connectivity index (χ0v) is 17.9. The van der Waals surface area contributed by atoms with Crippen molar-refractivity contribution in [2.75, 3.05) is 6.26 Å². The van der Waals surface area contributed by atoms with E-state index in [1.807, 2.05) is 6.07 Å². The number of thioether (sulfide) groups is 1. The zero-order valence-electron chi connectivity index (χ0n) is 14.6. The van der Waals surface area contributed by atoms with Crippen molar-refractivity contribution in [2.24, 2.45) is 5.10 Å². The quantitative estimate of drug-likeness (QED) is 0.421. The fourth-order valence-electron chi connectivity index (χ4n) is 3.64. The Morgan fingerprint density at radius 3 is 2.78 bits per heavy atom. The molecular weight excluding hydrogens is 440 g/mol. The molecule has 2 atom stereocenters. The van der Waals surface area contributed by atoms with E-state index in [2.05, 4.69) is 81.1 Å². The molecule has 0 radical (unpaired) electrons. The van der Waals surface area contributed by atoms with Gasteiger partial charge in [-0.3, -0.25) is 0 Å². The number of hydrogen-bond donors (Lipinski definition) is 0. The molecular formula is C21H17BrN2OS2. The number of ether oxygens (including phenoxy) is 1. The van der Waals surface area contributed by atoms with Gasteiger partial charge in [0, 0.05) is 26.9 Å². The summed E-state index contributed by atoms with van der Waals surface area (Å²) in [6, 6.07) is 19.3. The third kappa shape index (κ3) is 3.10. The van der Waals surface area contributed by atoms with E-state index in [0.717, 1.165) is 27.9 Å². The van der Waals surface area contributed by atoms with Crippen LogP contribution in [0.5, 0.6) is 5.75 Å². The second-order valence-corrected chi connectivity index (χ2v) is 9.29. The first-order valence-electron chi connectivity index (χ1n) is 8.72. The molecule has 0 aliphatic carbocycles. The molecule has 0 saturated carbocycles. The smallest absolute Gasteiger partial charge is 0.213 e. The van der Waals surface area contributed by atoms with Gasteiger partial charge in [-0.05, 0) is 48.0 Å². The molecule has 5 rings (SSSR count). The third-order valence-electron chi connectivity index (χ3n) is 4.96. The molecule has 3 heterocycles. The number of hydrogen-bond acceptors (Lipinski definition) is 5. The van der Waals surface area contributed by atoms with E-state index in [-0.39, 0.29) is 12.3 Å². The van der Waals surface area contributed by atoms with Gasteiger partial charge in [-0.25, -0.2) is 5.01 Å². The number of thiophene rings is 1. The van der Waals surface area contributed by atoms with Gasteiger partial charge in [0.25, 0.3) is 0 Å². The van der Waals surface area contributed by atoms with Crippen LogP contribution in [0.2, 0.25) is 0 Å². The largest absolute Gasteiger partial charge is 0.464 e. The predicted molar refractivity (Wildman–Crippen MR) is 116 cm³/mol. The highest BCUT2D eigenvalue weighted by molar-refractivity contribution is 9.10. The van der Waals surface area contributed by atoms with Crippen LogP contribution >= 0.6 is 39.0 Å². The van der Waals surface area contributed by atoms with E-state index in [1.54, 1.807) is 23.1 Å². The Kier molecular flexibility index (Phi) is 4.50. The molecule has 0 unspecified atom stereocenters. The van der Waals surface area contributed by atoms with Gasteiger partial charge in [-0.1, -0.05) is 34.1 Å². The van der Waals surface area contributed by atoms with Crippen molar-refractivity contribution in [3.05, 3.63) is 80.5 Å². The molecule has 2 aliphatic heterocycles. The lowest BCUT2D eigenvalue weighted by molar-refractivity contribution is -0.0191. The third-order valence-corrected chi connectivity index (χ3v) is 7.11. The Labute approximate surface area is 175 Å². The standard InChI is InChI=1S/C21H17BrN2OS2/c1-26-15-7-4-13(5-8-15)21-24-18(12-17(23-24)20-3-2-10-27-20)16-11-14(22)6-9-19(16)25-21/h2-11,18,21H,12H2,1H3/t18-,21-/m0/s1. The van der Waals surface area contributed by atoms with Crippen molar-refractivity contribution in [1.82, 2.24) is 5.01 Å². The highest BCUT2D eigenvalue weighted by Gasteiger charge is 2.41. The Hall–Kier alpha value is -1.76. The second kappa shape index (κ2) is 7.00. The molecule has 0 amide bonds. The first-order valence-corrected chi connectivity index (χ1v) is 11.6. The molecule has 6 heteroatoms. The maximum Gasteiger partial charge on any atom is 0.213 e. The molecule has 3 aromatic rings. The topological polar surface area (TPSA) is 24.8 Å². The summed E-state index contributed by atoms with van der Waals surface area (Å²) in [5.41, 5.74) is 3.45. The van der Waals surface area contributed by atoms with Gasteiger partial charge in [0.1, 0.15) is 5.75 Å².